The monoisotopic (exact) mass is 389 g/mol. The van der Waals surface area contributed by atoms with E-state index < -0.39 is 0 Å². The Kier molecular flexibility index (Phi) is 4.42. The van der Waals surface area contributed by atoms with Gasteiger partial charge in [-0.15, -0.1) is 0 Å². The van der Waals surface area contributed by atoms with E-state index >= 15 is 0 Å². The lowest BCUT2D eigenvalue weighted by Gasteiger charge is -2.10. The predicted octanol–water partition coefficient (Wildman–Crippen LogP) is 4.83. The second-order valence-corrected chi connectivity index (χ2v) is 6.77. The largest absolute Gasteiger partial charge is 0.493 e. The van der Waals surface area contributed by atoms with Crippen LogP contribution in [-0.4, -0.2) is 30.5 Å². The maximum Gasteiger partial charge on any atom is 0.161 e. The number of rotatable bonds is 4. The zero-order valence-corrected chi connectivity index (χ0v) is 15.9. The summed E-state index contributed by atoms with van der Waals surface area (Å²) in [5.41, 5.74) is 3.74. The molecule has 0 aliphatic carbocycles. The topological polar surface area (TPSA) is 48.3 Å². The Morgan fingerprint density at radius 3 is 2.62 bits per heavy atom. The van der Waals surface area contributed by atoms with Crippen LogP contribution >= 0.6 is 23.2 Å². The molecule has 3 aromatic rings. The summed E-state index contributed by atoms with van der Waals surface area (Å²) in [5, 5.41) is 9.42. The first-order valence-electron chi connectivity index (χ1n) is 8.16. The molecular weight excluding hydrogens is 373 g/mol. The molecule has 0 fully saturated rings. The molecule has 0 saturated heterocycles. The third kappa shape index (κ3) is 2.77. The number of halogens is 2. The fourth-order valence-corrected chi connectivity index (χ4v) is 3.58. The van der Waals surface area contributed by atoms with E-state index in [-0.39, 0.29) is 0 Å². The van der Waals surface area contributed by atoms with Crippen LogP contribution in [-0.2, 0) is 6.42 Å². The molecule has 0 saturated carbocycles. The number of fused-ring (bicyclic) bond motifs is 1. The number of hydrogen-bond acceptors (Lipinski definition) is 4. The van der Waals surface area contributed by atoms with Gasteiger partial charge in [0.25, 0.3) is 0 Å². The third-order valence-corrected chi connectivity index (χ3v) is 5.00. The molecule has 0 radical (unpaired) electrons. The summed E-state index contributed by atoms with van der Waals surface area (Å²) in [6, 6.07) is 11.2. The summed E-state index contributed by atoms with van der Waals surface area (Å²) in [4.78, 5) is 0. The molecule has 2 aromatic carbocycles. The quantitative estimate of drug-likeness (QED) is 0.693. The minimum absolute atomic E-state index is 0.590. The summed E-state index contributed by atoms with van der Waals surface area (Å²) in [6.45, 7) is 0.853. The smallest absolute Gasteiger partial charge is 0.161 e. The van der Waals surface area contributed by atoms with Crippen LogP contribution in [0.3, 0.4) is 0 Å². The first kappa shape index (κ1) is 17.1. The Balaban J connectivity index is 1.88. The van der Waals surface area contributed by atoms with Crippen LogP contribution in [0.25, 0.3) is 16.9 Å². The van der Waals surface area contributed by atoms with E-state index in [9.17, 15) is 0 Å². The maximum absolute atomic E-state index is 6.39. The van der Waals surface area contributed by atoms with Gasteiger partial charge in [0.1, 0.15) is 5.82 Å². The van der Waals surface area contributed by atoms with Gasteiger partial charge < -0.3 is 14.8 Å². The predicted molar refractivity (Wildman–Crippen MR) is 104 cm³/mol. The van der Waals surface area contributed by atoms with Crippen molar-refractivity contribution in [3.63, 3.8) is 0 Å². The van der Waals surface area contributed by atoms with Crippen LogP contribution in [0, 0.1) is 0 Å². The van der Waals surface area contributed by atoms with Gasteiger partial charge in [0.05, 0.1) is 30.6 Å². The first-order chi connectivity index (χ1) is 12.6. The normalized spacial score (nSPS) is 12.6. The Morgan fingerprint density at radius 2 is 1.85 bits per heavy atom. The van der Waals surface area contributed by atoms with Crippen molar-refractivity contribution in [3.8, 4) is 28.4 Å². The Morgan fingerprint density at radius 1 is 1.04 bits per heavy atom. The minimum atomic E-state index is 0.590. The summed E-state index contributed by atoms with van der Waals surface area (Å²) in [7, 11) is 3.24. The lowest BCUT2D eigenvalue weighted by molar-refractivity contribution is 0.355. The number of hydrogen-bond donors (Lipinski definition) is 1. The molecule has 0 amide bonds. The average Bonchev–Trinajstić information content (AvgIpc) is 3.26. The summed E-state index contributed by atoms with van der Waals surface area (Å²) >= 11 is 12.6. The van der Waals surface area contributed by atoms with Crippen LogP contribution in [0.2, 0.25) is 10.0 Å². The molecule has 1 aliphatic rings. The van der Waals surface area contributed by atoms with Crippen molar-refractivity contribution >= 4 is 29.0 Å². The highest BCUT2D eigenvalue weighted by atomic mass is 35.5. The van der Waals surface area contributed by atoms with Gasteiger partial charge in [-0.3, -0.25) is 0 Å². The highest BCUT2D eigenvalue weighted by molar-refractivity contribution is 6.34. The SMILES string of the molecule is COc1ccc(-c2nn(-c3cc(Cl)ccc3Cl)c3c2CCN3)cc1OC. The number of methoxy groups -OCH3 is 2. The maximum atomic E-state index is 6.39. The van der Waals surface area contributed by atoms with Gasteiger partial charge in [0.2, 0.25) is 0 Å². The lowest BCUT2D eigenvalue weighted by atomic mass is 10.1. The molecule has 134 valence electrons. The molecule has 1 aromatic heterocycles. The van der Waals surface area contributed by atoms with Crippen molar-refractivity contribution in [2.75, 3.05) is 26.1 Å². The molecule has 7 heteroatoms. The van der Waals surface area contributed by atoms with Crippen molar-refractivity contribution in [2.45, 2.75) is 6.42 Å². The molecular formula is C19H17Cl2N3O2. The van der Waals surface area contributed by atoms with Gasteiger partial charge in [-0.05, 0) is 42.8 Å². The van der Waals surface area contributed by atoms with Gasteiger partial charge in [-0.2, -0.15) is 5.10 Å². The molecule has 4 rings (SSSR count). The van der Waals surface area contributed by atoms with E-state index in [0.717, 1.165) is 41.3 Å². The van der Waals surface area contributed by atoms with Gasteiger partial charge in [0, 0.05) is 22.7 Å². The fraction of sp³-hybridized carbons (Fsp3) is 0.211. The molecule has 0 bridgehead atoms. The molecule has 0 atom stereocenters. The van der Waals surface area contributed by atoms with Crippen molar-refractivity contribution < 1.29 is 9.47 Å². The van der Waals surface area contributed by atoms with Crippen LogP contribution in [0.5, 0.6) is 11.5 Å². The zero-order valence-electron chi connectivity index (χ0n) is 14.3. The van der Waals surface area contributed by atoms with E-state index in [1.54, 1.807) is 26.4 Å². The van der Waals surface area contributed by atoms with E-state index in [0.29, 0.717) is 21.5 Å². The van der Waals surface area contributed by atoms with Gasteiger partial charge in [-0.1, -0.05) is 23.2 Å². The molecule has 2 heterocycles. The average molecular weight is 390 g/mol. The molecule has 26 heavy (non-hydrogen) atoms. The number of aromatic nitrogens is 2. The summed E-state index contributed by atoms with van der Waals surface area (Å²) in [6.07, 6.45) is 0.886. The van der Waals surface area contributed by atoms with Gasteiger partial charge in [-0.25, -0.2) is 4.68 Å². The van der Waals surface area contributed by atoms with E-state index in [1.165, 1.54) is 0 Å². The van der Waals surface area contributed by atoms with Crippen LogP contribution < -0.4 is 14.8 Å². The third-order valence-electron chi connectivity index (χ3n) is 4.44. The highest BCUT2D eigenvalue weighted by Crippen LogP contribution is 2.39. The standard InChI is InChI=1S/C19H17Cl2N3O2/c1-25-16-6-3-11(9-17(16)26-2)18-13-7-8-22-19(13)24(23-18)15-10-12(20)4-5-14(15)21/h3-6,9-10,22H,7-8H2,1-2H3. The minimum Gasteiger partial charge on any atom is -0.493 e. The highest BCUT2D eigenvalue weighted by Gasteiger charge is 2.25. The molecule has 0 spiro atoms. The van der Waals surface area contributed by atoms with Crippen LogP contribution in [0.4, 0.5) is 5.82 Å². The molecule has 1 N–H and O–H groups in total. The first-order valence-corrected chi connectivity index (χ1v) is 8.91. The molecule has 1 aliphatic heterocycles. The molecule has 0 unspecified atom stereocenters. The second-order valence-electron chi connectivity index (χ2n) is 5.93. The lowest BCUT2D eigenvalue weighted by Crippen LogP contribution is -2.05. The van der Waals surface area contributed by atoms with Crippen molar-refractivity contribution in [1.82, 2.24) is 9.78 Å². The van der Waals surface area contributed by atoms with E-state index in [2.05, 4.69) is 5.32 Å². The zero-order chi connectivity index (χ0) is 18.3. The van der Waals surface area contributed by atoms with E-state index in [1.807, 2.05) is 28.9 Å². The van der Waals surface area contributed by atoms with Crippen LogP contribution in [0.1, 0.15) is 5.56 Å². The van der Waals surface area contributed by atoms with Gasteiger partial charge in [0.15, 0.2) is 11.5 Å². The van der Waals surface area contributed by atoms with Gasteiger partial charge >= 0.3 is 0 Å². The number of anilines is 1. The van der Waals surface area contributed by atoms with Crippen molar-refractivity contribution in [1.29, 1.82) is 0 Å². The second kappa shape index (κ2) is 6.74. The number of nitrogens with one attached hydrogen (secondary N) is 1. The Hall–Kier alpha value is -2.37. The van der Waals surface area contributed by atoms with E-state index in [4.69, 9.17) is 37.8 Å². The van der Waals surface area contributed by atoms with Crippen molar-refractivity contribution in [3.05, 3.63) is 52.0 Å². The summed E-state index contributed by atoms with van der Waals surface area (Å²) < 4.78 is 12.6. The number of benzene rings is 2. The van der Waals surface area contributed by atoms with Crippen molar-refractivity contribution in [2.24, 2.45) is 0 Å². The number of nitrogens with zero attached hydrogens (tertiary/aromatic N) is 2. The summed E-state index contributed by atoms with van der Waals surface area (Å²) in [5.74, 6) is 2.29. The Bertz CT molecular complexity index is 985. The Labute approximate surface area is 161 Å². The molecule has 5 nitrogen and oxygen atoms in total. The number of ether oxygens (including phenoxy) is 2. The van der Waals surface area contributed by atoms with Crippen LogP contribution in [0.15, 0.2) is 36.4 Å². The fourth-order valence-electron chi connectivity index (χ4n) is 3.21.